The molecule has 0 bridgehead atoms. The van der Waals surface area contributed by atoms with Gasteiger partial charge in [-0.25, -0.2) is 0 Å². The average Bonchev–Trinajstić information content (AvgIpc) is 2.88. The van der Waals surface area contributed by atoms with Gasteiger partial charge in [0.2, 0.25) is 5.91 Å². The van der Waals surface area contributed by atoms with E-state index in [4.69, 9.17) is 9.47 Å². The second-order valence-electron chi connectivity index (χ2n) is 8.60. The van der Waals surface area contributed by atoms with Gasteiger partial charge in [-0.2, -0.15) is 0 Å². The number of amides is 1. The molecule has 2 N–H and O–H groups in total. The normalized spacial score (nSPS) is 22.3. The molecule has 1 saturated heterocycles. The summed E-state index contributed by atoms with van der Waals surface area (Å²) in [5.41, 5.74) is 3.93. The summed E-state index contributed by atoms with van der Waals surface area (Å²) < 4.78 is 13.0. The maximum Gasteiger partial charge on any atom is 0.217 e. The quantitative estimate of drug-likeness (QED) is 0.425. The Hall–Kier alpha value is -2.64. The molecule has 4 atom stereocenters. The largest absolute Gasteiger partial charge is 0.392 e. The fraction of sp³-hybridized carbons (Fsp3) is 0.321. The minimum absolute atomic E-state index is 0.00877. The van der Waals surface area contributed by atoms with Gasteiger partial charge in [0, 0.05) is 35.6 Å². The fourth-order valence-corrected chi connectivity index (χ4v) is 5.11. The smallest absolute Gasteiger partial charge is 0.217 e. The van der Waals surface area contributed by atoms with Gasteiger partial charge in [-0.1, -0.05) is 73.7 Å². The van der Waals surface area contributed by atoms with E-state index in [-0.39, 0.29) is 30.6 Å². The van der Waals surface area contributed by atoms with Crippen molar-refractivity contribution in [1.82, 2.24) is 5.32 Å². The number of aliphatic hydroxyl groups excluding tert-OH is 1. The number of hydrogen-bond acceptors (Lipinski definition) is 5. The van der Waals surface area contributed by atoms with Gasteiger partial charge < -0.3 is 19.9 Å². The van der Waals surface area contributed by atoms with Crippen molar-refractivity contribution >= 4 is 17.7 Å². The number of nitrogens with one attached hydrogen (secondary N) is 1. The highest BCUT2D eigenvalue weighted by atomic mass is 32.2. The van der Waals surface area contributed by atoms with E-state index in [2.05, 4.69) is 24.4 Å². The molecule has 1 amide bonds. The number of aliphatic hydroxyl groups is 1. The molecular weight excluding hydrogens is 446 g/mol. The van der Waals surface area contributed by atoms with Crippen LogP contribution in [0.3, 0.4) is 0 Å². The van der Waals surface area contributed by atoms with E-state index in [1.54, 1.807) is 11.8 Å². The summed E-state index contributed by atoms with van der Waals surface area (Å²) in [6, 6.07) is 26.3. The van der Waals surface area contributed by atoms with E-state index < -0.39 is 6.29 Å². The van der Waals surface area contributed by atoms with Gasteiger partial charge in [0.15, 0.2) is 6.29 Å². The van der Waals surface area contributed by atoms with Crippen molar-refractivity contribution in [3.8, 4) is 0 Å². The first kappa shape index (κ1) is 24.5. The highest BCUT2D eigenvalue weighted by Crippen LogP contribution is 2.43. The van der Waals surface area contributed by atoms with E-state index in [0.717, 1.165) is 28.0 Å². The van der Waals surface area contributed by atoms with Crippen LogP contribution in [-0.4, -0.2) is 22.9 Å². The number of carbonyl (C=O) groups excluding carboxylic acids is 1. The standard InChI is InChI=1S/C28H31NO4S/c1-19-26(18-34-25-6-4-3-5-7-25)32-28(24-14-8-21(9-15-24)16-29-20(2)31)33-27(19)23-12-10-22(17-30)11-13-23/h3-15,19,26-28,30H,16-18H2,1-2H3,(H,29,31)/t19-,26+,27+,28+/m1/s1. The van der Waals surface area contributed by atoms with Crippen molar-refractivity contribution in [2.24, 2.45) is 5.92 Å². The van der Waals surface area contributed by atoms with Crippen LogP contribution >= 0.6 is 11.8 Å². The summed E-state index contributed by atoms with van der Waals surface area (Å²) in [4.78, 5) is 12.4. The number of ether oxygens (including phenoxy) is 2. The van der Waals surface area contributed by atoms with Crippen LogP contribution in [-0.2, 0) is 27.4 Å². The Labute approximate surface area is 205 Å². The number of hydrogen-bond donors (Lipinski definition) is 2. The lowest BCUT2D eigenvalue weighted by atomic mass is 9.91. The molecule has 1 fully saturated rings. The van der Waals surface area contributed by atoms with Crippen molar-refractivity contribution < 1.29 is 19.4 Å². The Balaban J connectivity index is 1.54. The predicted molar refractivity (Wildman–Crippen MR) is 134 cm³/mol. The number of thioether (sulfide) groups is 1. The van der Waals surface area contributed by atoms with E-state index in [1.807, 2.05) is 66.7 Å². The molecule has 1 heterocycles. The third-order valence-corrected chi connectivity index (χ3v) is 7.17. The van der Waals surface area contributed by atoms with Crippen LogP contribution in [0.25, 0.3) is 0 Å². The lowest BCUT2D eigenvalue weighted by Gasteiger charge is -2.41. The zero-order chi connectivity index (χ0) is 23.9. The highest BCUT2D eigenvalue weighted by molar-refractivity contribution is 7.99. The molecule has 6 heteroatoms. The van der Waals surface area contributed by atoms with Gasteiger partial charge in [-0.15, -0.1) is 11.8 Å². The Morgan fingerprint density at radius 1 is 0.912 bits per heavy atom. The molecule has 0 aliphatic carbocycles. The Kier molecular flexibility index (Phi) is 8.40. The third-order valence-electron chi connectivity index (χ3n) is 6.07. The van der Waals surface area contributed by atoms with Crippen LogP contribution in [0, 0.1) is 5.92 Å². The Morgan fingerprint density at radius 3 is 2.21 bits per heavy atom. The van der Waals surface area contributed by atoms with E-state index in [0.29, 0.717) is 6.54 Å². The molecule has 34 heavy (non-hydrogen) atoms. The highest BCUT2D eigenvalue weighted by Gasteiger charge is 2.38. The van der Waals surface area contributed by atoms with Gasteiger partial charge in [0.05, 0.1) is 18.8 Å². The first-order valence-electron chi connectivity index (χ1n) is 11.5. The first-order valence-corrected chi connectivity index (χ1v) is 12.5. The molecule has 0 saturated carbocycles. The topological polar surface area (TPSA) is 67.8 Å². The number of rotatable bonds is 8. The molecule has 178 valence electrons. The molecule has 3 aromatic carbocycles. The van der Waals surface area contributed by atoms with E-state index in [9.17, 15) is 9.90 Å². The molecule has 0 unspecified atom stereocenters. The van der Waals surface area contributed by atoms with Crippen LogP contribution in [0.1, 0.15) is 48.5 Å². The minimum atomic E-state index is -0.491. The van der Waals surface area contributed by atoms with Crippen LogP contribution in [0.2, 0.25) is 0 Å². The maximum absolute atomic E-state index is 11.2. The Morgan fingerprint density at radius 2 is 1.56 bits per heavy atom. The summed E-state index contributed by atoms with van der Waals surface area (Å²) >= 11 is 1.79. The monoisotopic (exact) mass is 477 g/mol. The minimum Gasteiger partial charge on any atom is -0.392 e. The fourth-order valence-electron chi connectivity index (χ4n) is 4.02. The molecule has 0 radical (unpaired) electrons. The van der Waals surface area contributed by atoms with Gasteiger partial charge in [-0.3, -0.25) is 4.79 Å². The molecular formula is C28H31NO4S. The average molecular weight is 478 g/mol. The van der Waals surface area contributed by atoms with E-state index in [1.165, 1.54) is 11.8 Å². The van der Waals surface area contributed by atoms with Crippen LogP contribution in [0.15, 0.2) is 83.8 Å². The summed E-state index contributed by atoms with van der Waals surface area (Å²) in [6.45, 7) is 4.21. The Bertz CT molecular complexity index is 1060. The van der Waals surface area contributed by atoms with Gasteiger partial charge in [-0.05, 0) is 28.8 Å². The van der Waals surface area contributed by atoms with Crippen molar-refractivity contribution in [2.45, 2.75) is 50.4 Å². The van der Waals surface area contributed by atoms with Crippen LogP contribution < -0.4 is 5.32 Å². The predicted octanol–water partition coefficient (Wildman–Crippen LogP) is 5.40. The lowest BCUT2D eigenvalue weighted by molar-refractivity contribution is -0.268. The van der Waals surface area contributed by atoms with Crippen molar-refractivity contribution in [1.29, 1.82) is 0 Å². The zero-order valence-corrected chi connectivity index (χ0v) is 20.3. The first-order chi connectivity index (χ1) is 16.5. The zero-order valence-electron chi connectivity index (χ0n) is 19.5. The van der Waals surface area contributed by atoms with E-state index >= 15 is 0 Å². The molecule has 5 nitrogen and oxygen atoms in total. The molecule has 0 spiro atoms. The SMILES string of the molecule is CC(=O)NCc1ccc([C@H]2O[C@@H](CSc3ccccc3)[C@@H](C)[C@@H](c3ccc(CO)cc3)O2)cc1. The summed E-state index contributed by atoms with van der Waals surface area (Å²) in [7, 11) is 0. The number of carbonyl (C=O) groups is 1. The lowest BCUT2D eigenvalue weighted by Crippen LogP contribution is -2.38. The third kappa shape index (κ3) is 6.27. The van der Waals surface area contributed by atoms with Crippen molar-refractivity contribution in [3.05, 3.63) is 101 Å². The van der Waals surface area contributed by atoms with Gasteiger partial charge in [0.25, 0.3) is 0 Å². The molecule has 1 aliphatic rings. The molecule has 3 aromatic rings. The second kappa shape index (κ2) is 11.7. The molecule has 1 aliphatic heterocycles. The van der Waals surface area contributed by atoms with Crippen LogP contribution in [0.5, 0.6) is 0 Å². The summed E-state index contributed by atoms with van der Waals surface area (Å²) in [5, 5.41) is 12.2. The summed E-state index contributed by atoms with van der Waals surface area (Å²) in [5.74, 6) is 0.911. The van der Waals surface area contributed by atoms with Crippen molar-refractivity contribution in [3.63, 3.8) is 0 Å². The summed E-state index contributed by atoms with van der Waals surface area (Å²) in [6.07, 6.45) is -0.632. The second-order valence-corrected chi connectivity index (χ2v) is 9.69. The van der Waals surface area contributed by atoms with Gasteiger partial charge >= 0.3 is 0 Å². The maximum atomic E-state index is 11.2. The van der Waals surface area contributed by atoms with Crippen LogP contribution in [0.4, 0.5) is 0 Å². The number of benzene rings is 3. The van der Waals surface area contributed by atoms with Gasteiger partial charge in [0.1, 0.15) is 0 Å². The van der Waals surface area contributed by atoms with Crippen molar-refractivity contribution in [2.75, 3.05) is 5.75 Å². The molecule has 0 aromatic heterocycles. The molecule has 4 rings (SSSR count).